The van der Waals surface area contributed by atoms with Gasteiger partial charge in [-0.3, -0.25) is 0 Å². The van der Waals surface area contributed by atoms with E-state index in [2.05, 4.69) is 129 Å². The first-order valence-electron chi connectivity index (χ1n) is 19.1. The Morgan fingerprint density at radius 2 is 1.15 bits per heavy atom. The lowest BCUT2D eigenvalue weighted by Crippen LogP contribution is -2.06. The van der Waals surface area contributed by atoms with Gasteiger partial charge < -0.3 is 9.47 Å². The Kier molecular flexibility index (Phi) is 10.4. The Balaban J connectivity index is 1.15. The monoisotopic (exact) mass is 726 g/mol. The van der Waals surface area contributed by atoms with Gasteiger partial charge in [0.2, 0.25) is 5.88 Å². The first-order chi connectivity index (χ1) is 26.4. The highest BCUT2D eigenvalue weighted by atomic mass is 16.5. The second-order valence-electron chi connectivity index (χ2n) is 15.3. The summed E-state index contributed by atoms with van der Waals surface area (Å²) >= 11 is 0. The summed E-state index contributed by atoms with van der Waals surface area (Å²) in [6.07, 6.45) is 3.64. The molecule has 7 rings (SSSR count). The molecule has 0 unspecified atom stereocenters. The average molecular weight is 727 g/mol. The Hall–Kier alpha value is -6.01. The summed E-state index contributed by atoms with van der Waals surface area (Å²) in [6.45, 7) is 21.9. The molecule has 2 heterocycles. The van der Waals surface area contributed by atoms with E-state index in [9.17, 15) is 0 Å². The highest BCUT2D eigenvalue weighted by molar-refractivity contribution is 5.78. The van der Waals surface area contributed by atoms with Crippen LogP contribution in [0.1, 0.15) is 84.0 Å². The van der Waals surface area contributed by atoms with Crippen molar-refractivity contribution < 1.29 is 9.47 Å². The summed E-state index contributed by atoms with van der Waals surface area (Å²) in [6, 6.07) is 33.2. The average Bonchev–Trinajstić information content (AvgIpc) is 3.66. The van der Waals surface area contributed by atoms with E-state index >= 15 is 0 Å². The maximum absolute atomic E-state index is 6.44. The van der Waals surface area contributed by atoms with Gasteiger partial charge in [-0.05, 0) is 157 Å². The maximum Gasteiger partial charge on any atom is 0.219 e. The molecule has 7 aromatic rings. The third-order valence-corrected chi connectivity index (χ3v) is 10.8. The number of hydrogen-bond acceptors (Lipinski definition) is 5. The molecule has 6 nitrogen and oxygen atoms in total. The predicted octanol–water partition coefficient (Wildman–Crippen LogP) is 13.3. The van der Waals surface area contributed by atoms with Crippen molar-refractivity contribution in [1.82, 2.24) is 19.7 Å². The molecule has 0 saturated heterocycles. The molecule has 0 saturated carbocycles. The van der Waals surface area contributed by atoms with Crippen LogP contribution >= 0.6 is 0 Å². The van der Waals surface area contributed by atoms with Crippen molar-refractivity contribution >= 4 is 0 Å². The van der Waals surface area contributed by atoms with Crippen molar-refractivity contribution in [3.8, 4) is 62.5 Å². The van der Waals surface area contributed by atoms with Crippen LogP contribution in [0.2, 0.25) is 0 Å². The summed E-state index contributed by atoms with van der Waals surface area (Å²) in [5.74, 6) is 3.80. The minimum atomic E-state index is 0.325. The highest BCUT2D eigenvalue weighted by Gasteiger charge is 2.20. The van der Waals surface area contributed by atoms with Gasteiger partial charge in [-0.25, -0.2) is 14.6 Å². The van der Waals surface area contributed by atoms with Gasteiger partial charge >= 0.3 is 0 Å². The van der Waals surface area contributed by atoms with Gasteiger partial charge in [0.1, 0.15) is 23.6 Å². The van der Waals surface area contributed by atoms with Crippen molar-refractivity contribution in [2.75, 3.05) is 0 Å². The van der Waals surface area contributed by atoms with Gasteiger partial charge in [0.15, 0.2) is 5.82 Å². The summed E-state index contributed by atoms with van der Waals surface area (Å²) in [7, 11) is 0. The second-order valence-corrected chi connectivity index (χ2v) is 15.3. The predicted molar refractivity (Wildman–Crippen MR) is 225 cm³/mol. The topological polar surface area (TPSA) is 62.1 Å². The molecule has 0 atom stereocenters. The molecule has 55 heavy (non-hydrogen) atoms. The zero-order valence-electron chi connectivity index (χ0n) is 33.7. The standard InChI is InChI=1S/C49H50N4O2/c1-29(2)44-24-39(37-15-12-11-13-16-37)25-45(30(3)4)47(44)38-19-20-50-46(26-38)55-42-18-14-17-41(27-42)54-43-22-31(5)21-40(23-43)49-51-28-53(52-49)48-35(9)33(7)32(6)34(8)36(48)10/h11-30H,1-10H3. The lowest BCUT2D eigenvalue weighted by Gasteiger charge is -2.22. The smallest absolute Gasteiger partial charge is 0.219 e. The van der Waals surface area contributed by atoms with E-state index in [4.69, 9.17) is 19.6 Å². The molecular weight excluding hydrogens is 677 g/mol. The number of hydrogen-bond donors (Lipinski definition) is 0. The lowest BCUT2D eigenvalue weighted by atomic mass is 9.82. The van der Waals surface area contributed by atoms with Crippen LogP contribution in [-0.4, -0.2) is 19.7 Å². The zero-order chi connectivity index (χ0) is 39.0. The molecular formula is C49H50N4O2. The van der Waals surface area contributed by atoms with Gasteiger partial charge in [0.05, 0.1) is 5.69 Å². The summed E-state index contributed by atoms with van der Waals surface area (Å²) in [5, 5.41) is 4.93. The molecule has 2 aromatic heterocycles. The normalized spacial score (nSPS) is 11.4. The summed E-state index contributed by atoms with van der Waals surface area (Å²) < 4.78 is 14.7. The fraction of sp³-hybridized carbons (Fsp3) is 0.245. The summed E-state index contributed by atoms with van der Waals surface area (Å²) in [5.41, 5.74) is 16.8. The zero-order valence-corrected chi connectivity index (χ0v) is 33.7. The minimum absolute atomic E-state index is 0.325. The lowest BCUT2D eigenvalue weighted by molar-refractivity contribution is 0.449. The first kappa shape index (κ1) is 37.3. The van der Waals surface area contributed by atoms with E-state index in [1.54, 1.807) is 6.33 Å². The first-order valence-corrected chi connectivity index (χ1v) is 19.1. The van der Waals surface area contributed by atoms with Crippen molar-refractivity contribution in [1.29, 1.82) is 0 Å². The van der Waals surface area contributed by atoms with Crippen molar-refractivity contribution in [3.63, 3.8) is 0 Å². The Morgan fingerprint density at radius 1 is 0.509 bits per heavy atom. The van der Waals surface area contributed by atoms with Crippen LogP contribution in [0.3, 0.4) is 0 Å². The molecule has 0 N–H and O–H groups in total. The molecule has 0 spiro atoms. The molecule has 278 valence electrons. The molecule has 5 aromatic carbocycles. The largest absolute Gasteiger partial charge is 0.457 e. The van der Waals surface area contributed by atoms with Crippen molar-refractivity contribution in [2.24, 2.45) is 0 Å². The molecule has 0 aliphatic heterocycles. The molecule has 0 bridgehead atoms. The number of ether oxygens (including phenoxy) is 2. The Morgan fingerprint density at radius 3 is 1.80 bits per heavy atom. The third kappa shape index (κ3) is 7.68. The van der Waals surface area contributed by atoms with E-state index < -0.39 is 0 Å². The second kappa shape index (κ2) is 15.4. The van der Waals surface area contributed by atoms with E-state index in [0.717, 1.165) is 22.4 Å². The number of benzene rings is 5. The molecule has 0 aliphatic rings. The van der Waals surface area contributed by atoms with Crippen LogP contribution in [0.4, 0.5) is 0 Å². The van der Waals surface area contributed by atoms with E-state index in [1.807, 2.05) is 53.3 Å². The van der Waals surface area contributed by atoms with Gasteiger partial charge in [0, 0.05) is 23.9 Å². The molecule has 0 amide bonds. The quantitative estimate of drug-likeness (QED) is 0.140. The van der Waals surface area contributed by atoms with Crippen molar-refractivity contribution in [3.05, 3.63) is 154 Å². The molecule has 0 aliphatic carbocycles. The highest BCUT2D eigenvalue weighted by Crippen LogP contribution is 2.41. The third-order valence-electron chi connectivity index (χ3n) is 10.8. The summed E-state index contributed by atoms with van der Waals surface area (Å²) in [4.78, 5) is 9.34. The van der Waals surface area contributed by atoms with Gasteiger partial charge in [-0.15, -0.1) is 5.10 Å². The molecule has 0 fully saturated rings. The van der Waals surface area contributed by atoms with Crippen LogP contribution in [0.5, 0.6) is 23.1 Å². The van der Waals surface area contributed by atoms with Crippen molar-refractivity contribution in [2.45, 2.75) is 81.1 Å². The van der Waals surface area contributed by atoms with E-state index in [1.165, 1.54) is 55.6 Å². The Bertz CT molecular complexity index is 2450. The van der Waals surface area contributed by atoms with Crippen LogP contribution in [0, 0.1) is 41.5 Å². The number of rotatable bonds is 10. The van der Waals surface area contributed by atoms with Crippen LogP contribution in [-0.2, 0) is 0 Å². The minimum Gasteiger partial charge on any atom is -0.457 e. The fourth-order valence-electron chi connectivity index (χ4n) is 7.47. The number of aryl methyl sites for hydroxylation is 1. The SMILES string of the molecule is Cc1cc(Oc2cccc(Oc3cc(-c4c(C(C)C)cc(-c5ccccc5)cc4C(C)C)ccn3)c2)cc(-c2ncn(-c3c(C)c(C)c(C)c(C)c3C)n2)c1. The molecule has 6 heteroatoms. The van der Waals surface area contributed by atoms with Crippen LogP contribution in [0.25, 0.3) is 39.3 Å². The van der Waals surface area contributed by atoms with E-state index in [-0.39, 0.29) is 0 Å². The van der Waals surface area contributed by atoms with Gasteiger partial charge in [-0.2, -0.15) is 0 Å². The molecule has 0 radical (unpaired) electrons. The fourth-order valence-corrected chi connectivity index (χ4v) is 7.47. The van der Waals surface area contributed by atoms with Gasteiger partial charge in [-0.1, -0.05) is 76.2 Å². The Labute approximate surface area is 325 Å². The number of aromatic nitrogens is 4. The van der Waals surface area contributed by atoms with Crippen LogP contribution in [0.15, 0.2) is 110 Å². The van der Waals surface area contributed by atoms with E-state index in [0.29, 0.717) is 40.8 Å². The van der Waals surface area contributed by atoms with Crippen LogP contribution < -0.4 is 9.47 Å². The number of nitrogens with zero attached hydrogens (tertiary/aromatic N) is 4. The van der Waals surface area contributed by atoms with Gasteiger partial charge in [0.25, 0.3) is 0 Å². The maximum atomic E-state index is 6.44. The number of pyridine rings is 1.